The Labute approximate surface area is 165 Å². The lowest BCUT2D eigenvalue weighted by molar-refractivity contribution is -0.155. The Balaban J connectivity index is 1.75. The Hall–Kier alpha value is -2.99. The van der Waals surface area contributed by atoms with E-state index in [0.29, 0.717) is 24.8 Å². The Bertz CT molecular complexity index is 804. The number of benzene rings is 2. The van der Waals surface area contributed by atoms with Crippen molar-refractivity contribution in [2.45, 2.75) is 44.8 Å². The van der Waals surface area contributed by atoms with Crippen LogP contribution in [0, 0.1) is 5.41 Å². The van der Waals surface area contributed by atoms with E-state index in [9.17, 15) is 9.59 Å². The summed E-state index contributed by atoms with van der Waals surface area (Å²) in [5, 5.41) is 7.38. The fourth-order valence-corrected chi connectivity index (χ4v) is 2.73. The number of aryl methyl sites for hydroxylation is 2. The van der Waals surface area contributed by atoms with Crippen molar-refractivity contribution in [1.82, 2.24) is 0 Å². The van der Waals surface area contributed by atoms with Gasteiger partial charge in [-0.3, -0.25) is 15.0 Å². The van der Waals surface area contributed by atoms with Crippen molar-refractivity contribution < 1.29 is 14.3 Å². The van der Waals surface area contributed by atoms with Crippen molar-refractivity contribution in [3.63, 3.8) is 0 Å². The average molecular weight is 381 g/mol. The second-order valence-electron chi connectivity index (χ2n) is 6.79. The van der Waals surface area contributed by atoms with Gasteiger partial charge in [0.05, 0.1) is 0 Å². The van der Waals surface area contributed by atoms with Crippen LogP contribution >= 0.6 is 0 Å². The summed E-state index contributed by atoms with van der Waals surface area (Å²) in [5.74, 6) is -0.700. The highest BCUT2D eigenvalue weighted by atomic mass is 16.5. The van der Waals surface area contributed by atoms with Crippen LogP contribution in [0.2, 0.25) is 0 Å². The molecular formula is C22H27N3O3. The van der Waals surface area contributed by atoms with E-state index in [1.54, 1.807) is 19.1 Å². The maximum absolute atomic E-state index is 12.3. The van der Waals surface area contributed by atoms with Crippen molar-refractivity contribution in [3.05, 3.63) is 71.3 Å². The number of rotatable bonds is 10. The van der Waals surface area contributed by atoms with Crippen LogP contribution in [0.15, 0.2) is 54.6 Å². The number of carbonyl (C=O) groups excluding carboxylic acids is 2. The summed E-state index contributed by atoms with van der Waals surface area (Å²) in [5.41, 5.74) is 14.0. The second kappa shape index (κ2) is 10.4. The molecule has 2 rings (SSSR count). The monoisotopic (exact) mass is 381 g/mol. The largest absolute Gasteiger partial charge is 0.454 e. The molecule has 6 heteroatoms. The third-order valence-electron chi connectivity index (χ3n) is 4.56. The first-order valence-corrected chi connectivity index (χ1v) is 9.33. The van der Waals surface area contributed by atoms with Crippen LogP contribution in [0.3, 0.4) is 0 Å². The van der Waals surface area contributed by atoms with Crippen molar-refractivity contribution in [2.24, 2.45) is 11.5 Å². The summed E-state index contributed by atoms with van der Waals surface area (Å²) in [6.07, 6.45) is 1.10. The molecule has 2 aromatic carbocycles. The molecule has 0 amide bonds. The molecule has 148 valence electrons. The molecule has 0 spiro atoms. The number of hydrogen-bond donors (Lipinski definition) is 3. The topological polar surface area (TPSA) is 119 Å². The van der Waals surface area contributed by atoms with E-state index >= 15 is 0 Å². The molecule has 0 bridgehead atoms. The van der Waals surface area contributed by atoms with Crippen LogP contribution in [0.1, 0.15) is 36.5 Å². The van der Waals surface area contributed by atoms with E-state index in [1.807, 2.05) is 42.5 Å². The smallest absolute Gasteiger partial charge is 0.323 e. The van der Waals surface area contributed by atoms with E-state index < -0.39 is 18.1 Å². The van der Waals surface area contributed by atoms with Gasteiger partial charge in [0, 0.05) is 12.0 Å². The van der Waals surface area contributed by atoms with Crippen LogP contribution in [-0.2, 0) is 27.2 Å². The van der Waals surface area contributed by atoms with Gasteiger partial charge in [-0.1, -0.05) is 54.6 Å². The predicted molar refractivity (Wildman–Crippen MR) is 109 cm³/mol. The molecule has 0 fully saturated rings. The molecule has 28 heavy (non-hydrogen) atoms. The number of Topliss-reactive ketones (excluding diaryl/α,β-unsaturated/α-hetero) is 1. The quantitative estimate of drug-likeness (QED) is 0.332. The van der Waals surface area contributed by atoms with Gasteiger partial charge in [-0.25, -0.2) is 0 Å². The van der Waals surface area contributed by atoms with E-state index in [-0.39, 0.29) is 18.0 Å². The van der Waals surface area contributed by atoms with Gasteiger partial charge in [0.25, 0.3) is 0 Å². The molecule has 2 aromatic rings. The number of nitrogens with two attached hydrogens (primary N) is 2. The minimum absolute atomic E-state index is 0.00626. The average Bonchev–Trinajstić information content (AvgIpc) is 2.71. The normalized spacial score (nSPS) is 12.8. The summed E-state index contributed by atoms with van der Waals surface area (Å²) >= 11 is 0. The van der Waals surface area contributed by atoms with E-state index in [2.05, 4.69) is 0 Å². The highest BCUT2D eigenvalue weighted by Gasteiger charge is 2.22. The molecule has 0 radical (unpaired) electrons. The highest BCUT2D eigenvalue weighted by molar-refractivity contribution is 5.94. The third kappa shape index (κ3) is 6.63. The lowest BCUT2D eigenvalue weighted by atomic mass is 10.0. The first-order valence-electron chi connectivity index (χ1n) is 9.33. The number of esters is 1. The number of hydrogen-bond acceptors (Lipinski definition) is 5. The molecule has 0 saturated carbocycles. The molecule has 0 aliphatic rings. The zero-order valence-electron chi connectivity index (χ0n) is 16.1. The lowest BCUT2D eigenvalue weighted by Gasteiger charge is -2.16. The van der Waals surface area contributed by atoms with E-state index in [4.69, 9.17) is 21.6 Å². The van der Waals surface area contributed by atoms with Gasteiger partial charge < -0.3 is 16.2 Å². The van der Waals surface area contributed by atoms with Crippen LogP contribution in [0.4, 0.5) is 0 Å². The lowest BCUT2D eigenvalue weighted by Crippen LogP contribution is -2.37. The Kier molecular flexibility index (Phi) is 7.89. The van der Waals surface area contributed by atoms with Gasteiger partial charge in [0.2, 0.25) is 0 Å². The van der Waals surface area contributed by atoms with Crippen LogP contribution in [0.25, 0.3) is 0 Å². The van der Waals surface area contributed by atoms with Gasteiger partial charge in [-0.05, 0) is 37.3 Å². The Morgan fingerprint density at radius 3 is 2.21 bits per heavy atom. The molecule has 5 N–H and O–H groups in total. The fraction of sp³-hybridized carbons (Fsp3) is 0.318. The first kappa shape index (κ1) is 21.3. The number of ketones is 1. The fourth-order valence-electron chi connectivity index (χ4n) is 2.73. The minimum Gasteiger partial charge on any atom is -0.454 e. The molecule has 0 unspecified atom stereocenters. The highest BCUT2D eigenvalue weighted by Crippen LogP contribution is 2.10. The third-order valence-corrected chi connectivity index (χ3v) is 4.56. The SMILES string of the molecule is C[C@H](OC(=O)[C@H](N)CCc1ccccc1)C(=O)CCc1ccc(C(=N)N)cc1. The minimum atomic E-state index is -0.827. The predicted octanol–water partition coefficient (Wildman–Crippen LogP) is 2.36. The number of nitrogen functional groups attached to an aromatic ring is 1. The summed E-state index contributed by atoms with van der Waals surface area (Å²) in [7, 11) is 0. The molecule has 0 heterocycles. The van der Waals surface area contributed by atoms with Gasteiger partial charge in [-0.2, -0.15) is 0 Å². The summed E-state index contributed by atoms with van der Waals surface area (Å²) in [6, 6.07) is 16.2. The maximum Gasteiger partial charge on any atom is 0.323 e. The van der Waals surface area contributed by atoms with Crippen LogP contribution < -0.4 is 11.5 Å². The number of amidine groups is 1. The Morgan fingerprint density at radius 1 is 1.00 bits per heavy atom. The summed E-state index contributed by atoms with van der Waals surface area (Å²) in [6.45, 7) is 1.57. The van der Waals surface area contributed by atoms with Gasteiger partial charge >= 0.3 is 5.97 Å². The molecule has 2 atom stereocenters. The van der Waals surface area contributed by atoms with Gasteiger partial charge in [0.1, 0.15) is 11.9 Å². The van der Waals surface area contributed by atoms with Crippen molar-refractivity contribution >= 4 is 17.6 Å². The zero-order chi connectivity index (χ0) is 20.5. The molecule has 6 nitrogen and oxygen atoms in total. The van der Waals surface area contributed by atoms with Gasteiger partial charge in [-0.15, -0.1) is 0 Å². The summed E-state index contributed by atoms with van der Waals surface area (Å²) < 4.78 is 5.24. The molecule has 0 aliphatic heterocycles. The maximum atomic E-state index is 12.3. The van der Waals surface area contributed by atoms with E-state index in [1.165, 1.54) is 0 Å². The standard InChI is InChI=1S/C22H27N3O3/c1-15(20(26)14-10-17-7-11-18(12-8-17)21(24)25)28-22(27)19(23)13-9-16-5-3-2-4-6-16/h2-8,11-12,15,19H,9-10,13-14,23H2,1H3,(H3,24,25)/t15-,19+/m0/s1. The zero-order valence-corrected chi connectivity index (χ0v) is 16.1. The van der Waals surface area contributed by atoms with Crippen LogP contribution in [-0.4, -0.2) is 29.7 Å². The van der Waals surface area contributed by atoms with Gasteiger partial charge in [0.15, 0.2) is 11.9 Å². The first-order chi connectivity index (χ1) is 13.4. The van der Waals surface area contributed by atoms with Crippen LogP contribution in [0.5, 0.6) is 0 Å². The molecule has 0 saturated heterocycles. The number of carbonyl (C=O) groups is 2. The van der Waals surface area contributed by atoms with Crippen molar-refractivity contribution in [1.29, 1.82) is 5.41 Å². The van der Waals surface area contributed by atoms with E-state index in [0.717, 1.165) is 11.1 Å². The second-order valence-corrected chi connectivity index (χ2v) is 6.79. The number of nitrogens with one attached hydrogen (secondary N) is 1. The van der Waals surface area contributed by atoms with Crippen molar-refractivity contribution in [3.8, 4) is 0 Å². The molecule has 0 aromatic heterocycles. The number of ether oxygens (including phenoxy) is 1. The molecular weight excluding hydrogens is 354 g/mol. The Morgan fingerprint density at radius 2 is 1.61 bits per heavy atom. The molecule has 0 aliphatic carbocycles. The van der Waals surface area contributed by atoms with Crippen molar-refractivity contribution in [2.75, 3.05) is 0 Å². The summed E-state index contributed by atoms with van der Waals surface area (Å²) in [4.78, 5) is 24.4.